The summed E-state index contributed by atoms with van der Waals surface area (Å²) >= 11 is 0. The van der Waals surface area contributed by atoms with Crippen molar-refractivity contribution in [3.05, 3.63) is 35.5 Å². The third-order valence-corrected chi connectivity index (χ3v) is 4.81. The van der Waals surface area contributed by atoms with Crippen molar-refractivity contribution in [3.8, 4) is 0 Å². The number of rotatable bonds is 4. The SMILES string of the molecule is CCc1ccc2[nH]cc(C(CN)C3CCCC3)c2c1. The molecule has 2 nitrogen and oxygen atoms in total. The molecule has 19 heavy (non-hydrogen) atoms. The average Bonchev–Trinajstić information content (AvgIpc) is 3.09. The van der Waals surface area contributed by atoms with Crippen molar-refractivity contribution in [2.45, 2.75) is 44.9 Å². The molecule has 1 saturated carbocycles. The predicted molar refractivity (Wildman–Crippen MR) is 81.4 cm³/mol. The molecule has 0 spiro atoms. The van der Waals surface area contributed by atoms with Gasteiger partial charge in [0.15, 0.2) is 0 Å². The van der Waals surface area contributed by atoms with E-state index in [2.05, 4.69) is 36.3 Å². The van der Waals surface area contributed by atoms with Crippen molar-refractivity contribution >= 4 is 10.9 Å². The normalized spacial score (nSPS) is 18.2. The van der Waals surface area contributed by atoms with E-state index in [1.54, 1.807) is 0 Å². The van der Waals surface area contributed by atoms with Crippen LogP contribution < -0.4 is 5.73 Å². The van der Waals surface area contributed by atoms with Crippen molar-refractivity contribution in [1.29, 1.82) is 0 Å². The fourth-order valence-electron chi connectivity index (χ4n) is 3.65. The van der Waals surface area contributed by atoms with Gasteiger partial charge in [-0.3, -0.25) is 0 Å². The zero-order valence-electron chi connectivity index (χ0n) is 11.8. The van der Waals surface area contributed by atoms with Gasteiger partial charge in [0.1, 0.15) is 0 Å². The van der Waals surface area contributed by atoms with Crippen molar-refractivity contribution in [3.63, 3.8) is 0 Å². The Bertz CT molecular complexity index is 549. The minimum atomic E-state index is 0.531. The van der Waals surface area contributed by atoms with E-state index < -0.39 is 0 Å². The highest BCUT2D eigenvalue weighted by Gasteiger charge is 2.27. The number of aromatic amines is 1. The Labute approximate surface area is 115 Å². The molecule has 0 amide bonds. The fourth-order valence-corrected chi connectivity index (χ4v) is 3.65. The first-order valence-corrected chi connectivity index (χ1v) is 7.63. The molecular formula is C17H24N2. The van der Waals surface area contributed by atoms with Gasteiger partial charge in [-0.25, -0.2) is 0 Å². The van der Waals surface area contributed by atoms with Gasteiger partial charge in [-0.15, -0.1) is 0 Å². The smallest absolute Gasteiger partial charge is 0.0457 e. The van der Waals surface area contributed by atoms with E-state index in [0.717, 1.165) is 18.9 Å². The second kappa shape index (κ2) is 5.38. The summed E-state index contributed by atoms with van der Waals surface area (Å²) in [7, 11) is 0. The molecule has 1 atom stereocenters. The van der Waals surface area contributed by atoms with Crippen LogP contribution in [0.5, 0.6) is 0 Å². The number of H-pyrrole nitrogens is 1. The molecule has 102 valence electrons. The van der Waals surface area contributed by atoms with E-state index in [0.29, 0.717) is 5.92 Å². The second-order valence-electron chi connectivity index (χ2n) is 5.86. The first-order valence-electron chi connectivity index (χ1n) is 7.63. The summed E-state index contributed by atoms with van der Waals surface area (Å²) in [6.45, 7) is 2.98. The summed E-state index contributed by atoms with van der Waals surface area (Å²) in [5.41, 5.74) is 10.2. The highest BCUT2D eigenvalue weighted by atomic mass is 14.7. The van der Waals surface area contributed by atoms with Crippen molar-refractivity contribution in [1.82, 2.24) is 4.98 Å². The number of aromatic nitrogens is 1. The van der Waals surface area contributed by atoms with Gasteiger partial charge in [0.25, 0.3) is 0 Å². The molecule has 1 fully saturated rings. The lowest BCUT2D eigenvalue weighted by Gasteiger charge is -2.21. The molecule has 3 rings (SSSR count). The van der Waals surface area contributed by atoms with Gasteiger partial charge >= 0.3 is 0 Å². The zero-order chi connectivity index (χ0) is 13.2. The Kier molecular flexibility index (Phi) is 3.61. The Morgan fingerprint density at radius 1 is 1.32 bits per heavy atom. The summed E-state index contributed by atoms with van der Waals surface area (Å²) < 4.78 is 0. The second-order valence-corrected chi connectivity index (χ2v) is 5.86. The maximum Gasteiger partial charge on any atom is 0.0457 e. The number of aryl methyl sites for hydroxylation is 1. The van der Waals surface area contributed by atoms with E-state index in [9.17, 15) is 0 Å². The van der Waals surface area contributed by atoms with Crippen molar-refractivity contribution in [2.24, 2.45) is 11.7 Å². The third-order valence-electron chi connectivity index (χ3n) is 4.81. The van der Waals surface area contributed by atoms with Crippen LogP contribution in [0.4, 0.5) is 0 Å². The van der Waals surface area contributed by atoms with E-state index in [1.165, 1.54) is 47.7 Å². The maximum absolute atomic E-state index is 6.09. The molecule has 2 heteroatoms. The minimum absolute atomic E-state index is 0.531. The molecule has 0 bridgehead atoms. The van der Waals surface area contributed by atoms with E-state index in [4.69, 9.17) is 5.73 Å². The van der Waals surface area contributed by atoms with Crippen LogP contribution in [0.3, 0.4) is 0 Å². The first-order chi connectivity index (χ1) is 9.33. The summed E-state index contributed by atoms with van der Waals surface area (Å²) in [6, 6.07) is 6.77. The van der Waals surface area contributed by atoms with Gasteiger partial charge in [0.05, 0.1) is 0 Å². The Balaban J connectivity index is 2.02. The lowest BCUT2D eigenvalue weighted by molar-refractivity contribution is 0.442. The summed E-state index contributed by atoms with van der Waals surface area (Å²) in [5.74, 6) is 1.32. The van der Waals surface area contributed by atoms with E-state index in [-0.39, 0.29) is 0 Å². The Hall–Kier alpha value is -1.28. The van der Waals surface area contributed by atoms with Crippen LogP contribution >= 0.6 is 0 Å². The minimum Gasteiger partial charge on any atom is -0.361 e. The molecule has 3 N–H and O–H groups in total. The number of nitrogens with one attached hydrogen (secondary N) is 1. The molecule has 1 heterocycles. The number of benzene rings is 1. The maximum atomic E-state index is 6.09. The monoisotopic (exact) mass is 256 g/mol. The topological polar surface area (TPSA) is 41.8 Å². The number of fused-ring (bicyclic) bond motifs is 1. The van der Waals surface area contributed by atoms with Crippen LogP contribution in [0.1, 0.15) is 49.7 Å². The first kappa shape index (κ1) is 12.7. The molecule has 2 aromatic rings. The Morgan fingerprint density at radius 3 is 2.79 bits per heavy atom. The van der Waals surface area contributed by atoms with Crippen LogP contribution in [-0.2, 0) is 6.42 Å². The number of hydrogen-bond acceptors (Lipinski definition) is 1. The molecule has 0 aliphatic heterocycles. The summed E-state index contributed by atoms with van der Waals surface area (Å²) in [6.07, 6.45) is 8.74. The summed E-state index contributed by atoms with van der Waals surface area (Å²) in [4.78, 5) is 3.42. The fraction of sp³-hybridized carbons (Fsp3) is 0.529. The Morgan fingerprint density at radius 2 is 2.11 bits per heavy atom. The largest absolute Gasteiger partial charge is 0.361 e. The average molecular weight is 256 g/mol. The van der Waals surface area contributed by atoms with Crippen molar-refractivity contribution < 1.29 is 0 Å². The molecule has 1 aliphatic carbocycles. The highest BCUT2D eigenvalue weighted by molar-refractivity contribution is 5.84. The van der Waals surface area contributed by atoms with E-state index >= 15 is 0 Å². The molecule has 1 unspecified atom stereocenters. The van der Waals surface area contributed by atoms with Gasteiger partial charge < -0.3 is 10.7 Å². The summed E-state index contributed by atoms with van der Waals surface area (Å²) in [5, 5.41) is 1.39. The lowest BCUT2D eigenvalue weighted by atomic mass is 9.84. The van der Waals surface area contributed by atoms with Gasteiger partial charge in [-0.2, -0.15) is 0 Å². The number of hydrogen-bond donors (Lipinski definition) is 2. The predicted octanol–water partition coefficient (Wildman–Crippen LogP) is 3.96. The quantitative estimate of drug-likeness (QED) is 0.854. The molecule has 0 saturated heterocycles. The van der Waals surface area contributed by atoms with Gasteiger partial charge in [-0.05, 0) is 55.0 Å². The van der Waals surface area contributed by atoms with Gasteiger partial charge in [0.2, 0.25) is 0 Å². The molecular weight excluding hydrogens is 232 g/mol. The number of nitrogens with two attached hydrogens (primary N) is 1. The van der Waals surface area contributed by atoms with Crippen molar-refractivity contribution in [2.75, 3.05) is 6.54 Å². The highest BCUT2D eigenvalue weighted by Crippen LogP contribution is 2.39. The molecule has 1 aromatic carbocycles. The van der Waals surface area contributed by atoms with Gasteiger partial charge in [-0.1, -0.05) is 25.8 Å². The van der Waals surface area contributed by atoms with Crippen LogP contribution in [0.2, 0.25) is 0 Å². The lowest BCUT2D eigenvalue weighted by Crippen LogP contribution is -2.19. The van der Waals surface area contributed by atoms with Crippen LogP contribution in [0.15, 0.2) is 24.4 Å². The molecule has 1 aliphatic rings. The molecule has 1 aromatic heterocycles. The van der Waals surface area contributed by atoms with E-state index in [1.807, 2.05) is 0 Å². The third kappa shape index (κ3) is 2.30. The van der Waals surface area contributed by atoms with Gasteiger partial charge in [0, 0.05) is 23.0 Å². The van der Waals surface area contributed by atoms with Crippen LogP contribution in [0, 0.1) is 5.92 Å². The van der Waals surface area contributed by atoms with Crippen LogP contribution in [-0.4, -0.2) is 11.5 Å². The van der Waals surface area contributed by atoms with Crippen LogP contribution in [0.25, 0.3) is 10.9 Å². The standard InChI is InChI=1S/C17H24N2/c1-2-12-7-8-17-14(9-12)16(11-19-17)15(10-18)13-5-3-4-6-13/h7-9,11,13,15,19H,2-6,10,18H2,1H3. The zero-order valence-corrected chi connectivity index (χ0v) is 11.8. The molecule has 0 radical (unpaired) electrons.